The topological polar surface area (TPSA) is 33.7 Å². The van der Waals surface area contributed by atoms with Crippen LogP contribution in [0.2, 0.25) is 0 Å². The molecule has 20 heavy (non-hydrogen) atoms. The molecule has 0 radical (unpaired) electrons. The predicted octanol–water partition coefficient (Wildman–Crippen LogP) is 1.96. The maximum atomic E-state index is 14.2. The summed E-state index contributed by atoms with van der Waals surface area (Å²) in [6.07, 6.45) is 0. The molecule has 4 nitrogen and oxygen atoms in total. The van der Waals surface area contributed by atoms with Crippen LogP contribution in [0, 0.1) is 5.82 Å². The van der Waals surface area contributed by atoms with Crippen molar-refractivity contribution in [3.63, 3.8) is 0 Å². The van der Waals surface area contributed by atoms with Crippen LogP contribution in [0.4, 0.5) is 10.1 Å². The molecule has 1 aliphatic heterocycles. The molecule has 0 unspecified atom stereocenters. The highest BCUT2D eigenvalue weighted by atomic mass is 19.1. The summed E-state index contributed by atoms with van der Waals surface area (Å²) in [7, 11) is 1.67. The molecule has 5 heteroatoms. The summed E-state index contributed by atoms with van der Waals surface area (Å²) in [6, 6.07) is 5.58. The van der Waals surface area contributed by atoms with Crippen molar-refractivity contribution in [2.24, 2.45) is 0 Å². The van der Waals surface area contributed by atoms with E-state index >= 15 is 0 Å². The van der Waals surface area contributed by atoms with Crippen molar-refractivity contribution >= 4 is 5.69 Å². The molecule has 1 aromatic carbocycles. The van der Waals surface area contributed by atoms with Crippen molar-refractivity contribution < 1.29 is 13.9 Å². The molecular weight excluding hydrogens is 259 g/mol. The molecule has 0 bridgehead atoms. The number of hydrogen-bond acceptors (Lipinski definition) is 4. The lowest BCUT2D eigenvalue weighted by Gasteiger charge is -2.29. The number of nitrogens with one attached hydrogen (secondary N) is 1. The van der Waals surface area contributed by atoms with Crippen molar-refractivity contribution in [1.82, 2.24) is 5.32 Å². The molecule has 1 atom stereocenters. The van der Waals surface area contributed by atoms with Crippen LogP contribution in [-0.4, -0.2) is 46.6 Å². The second kappa shape index (κ2) is 7.57. The average Bonchev–Trinajstić information content (AvgIpc) is 2.48. The molecule has 0 spiro atoms. The molecule has 0 saturated carbocycles. The van der Waals surface area contributed by atoms with E-state index in [0.29, 0.717) is 25.5 Å². The first-order valence-corrected chi connectivity index (χ1v) is 7.07. The van der Waals surface area contributed by atoms with E-state index < -0.39 is 0 Å². The molecule has 2 rings (SSSR count). The molecule has 1 saturated heterocycles. The lowest BCUT2D eigenvalue weighted by molar-refractivity contribution is 0.122. The Morgan fingerprint density at radius 2 is 2.15 bits per heavy atom. The summed E-state index contributed by atoms with van der Waals surface area (Å²) >= 11 is 0. The molecule has 112 valence electrons. The second-order valence-corrected chi connectivity index (χ2v) is 4.98. The summed E-state index contributed by atoms with van der Waals surface area (Å²) in [4.78, 5) is 2.03. The molecule has 1 heterocycles. The molecule has 1 N–H and O–H groups in total. The monoisotopic (exact) mass is 282 g/mol. The van der Waals surface area contributed by atoms with E-state index in [1.165, 1.54) is 0 Å². The van der Waals surface area contributed by atoms with Gasteiger partial charge in [0.05, 0.1) is 25.5 Å². The molecular formula is C15H23FN2O2. The zero-order chi connectivity index (χ0) is 14.4. The summed E-state index contributed by atoms with van der Waals surface area (Å²) in [5, 5.41) is 3.30. The van der Waals surface area contributed by atoms with Crippen molar-refractivity contribution in [3.05, 3.63) is 29.6 Å². The van der Waals surface area contributed by atoms with Gasteiger partial charge < -0.3 is 19.7 Å². The first kappa shape index (κ1) is 15.2. The molecule has 0 aromatic heterocycles. The van der Waals surface area contributed by atoms with Gasteiger partial charge in [0, 0.05) is 32.8 Å². The van der Waals surface area contributed by atoms with Gasteiger partial charge in [-0.15, -0.1) is 0 Å². The summed E-state index contributed by atoms with van der Waals surface area (Å²) in [5.74, 6) is -0.162. The third-order valence-corrected chi connectivity index (χ3v) is 3.58. The van der Waals surface area contributed by atoms with E-state index in [1.807, 2.05) is 24.0 Å². The van der Waals surface area contributed by atoms with Crippen LogP contribution in [0.25, 0.3) is 0 Å². The Kier molecular flexibility index (Phi) is 5.76. The van der Waals surface area contributed by atoms with Gasteiger partial charge in [-0.1, -0.05) is 6.07 Å². The van der Waals surface area contributed by atoms with E-state index in [1.54, 1.807) is 13.2 Å². The molecule has 1 fully saturated rings. The second-order valence-electron chi connectivity index (χ2n) is 4.98. The Bertz CT molecular complexity index is 422. The summed E-state index contributed by atoms with van der Waals surface area (Å²) in [5.41, 5.74) is 1.62. The number of nitrogens with zero attached hydrogens (tertiary/aromatic N) is 1. The van der Waals surface area contributed by atoms with Crippen molar-refractivity contribution in [2.45, 2.75) is 13.0 Å². The van der Waals surface area contributed by atoms with Crippen LogP contribution >= 0.6 is 0 Å². The van der Waals surface area contributed by atoms with Gasteiger partial charge >= 0.3 is 0 Å². The van der Waals surface area contributed by atoms with Crippen LogP contribution in [-0.2, 0) is 9.47 Å². The largest absolute Gasteiger partial charge is 0.383 e. The quantitative estimate of drug-likeness (QED) is 0.809. The Morgan fingerprint density at radius 1 is 1.40 bits per heavy atom. The predicted molar refractivity (Wildman–Crippen MR) is 77.7 cm³/mol. The Hall–Kier alpha value is -1.17. The molecule has 0 amide bonds. The van der Waals surface area contributed by atoms with Crippen molar-refractivity contribution in [3.8, 4) is 0 Å². The summed E-state index contributed by atoms with van der Waals surface area (Å²) in [6.45, 7) is 6.25. The van der Waals surface area contributed by atoms with E-state index in [0.717, 1.165) is 25.2 Å². The number of morpholine rings is 1. The standard InChI is InChI=1S/C15H23FN2O2/c1-12(17-5-8-19-2)13-3-4-15(14(16)11-13)18-6-9-20-10-7-18/h3-4,11-12,17H,5-10H2,1-2H3/t12-/m0/s1. The maximum absolute atomic E-state index is 14.2. The van der Waals surface area contributed by atoms with E-state index in [9.17, 15) is 4.39 Å². The van der Waals surface area contributed by atoms with Crippen LogP contribution in [0.15, 0.2) is 18.2 Å². The zero-order valence-corrected chi connectivity index (χ0v) is 12.2. The minimum atomic E-state index is -0.162. The lowest BCUT2D eigenvalue weighted by atomic mass is 10.1. The third-order valence-electron chi connectivity index (χ3n) is 3.58. The number of benzene rings is 1. The van der Waals surface area contributed by atoms with E-state index in [-0.39, 0.29) is 11.9 Å². The number of ether oxygens (including phenoxy) is 2. The number of rotatable bonds is 6. The maximum Gasteiger partial charge on any atom is 0.146 e. The normalized spacial score (nSPS) is 17.2. The average molecular weight is 282 g/mol. The third kappa shape index (κ3) is 3.91. The first-order valence-electron chi connectivity index (χ1n) is 7.07. The fourth-order valence-corrected chi connectivity index (χ4v) is 2.35. The summed E-state index contributed by atoms with van der Waals surface area (Å²) < 4.78 is 24.5. The Balaban J connectivity index is 2.01. The molecule has 1 aliphatic rings. The van der Waals surface area contributed by atoms with E-state index in [4.69, 9.17) is 9.47 Å². The highest BCUT2D eigenvalue weighted by Crippen LogP contribution is 2.24. The van der Waals surface area contributed by atoms with Crippen molar-refractivity contribution in [1.29, 1.82) is 0 Å². The fourth-order valence-electron chi connectivity index (χ4n) is 2.35. The minimum Gasteiger partial charge on any atom is -0.383 e. The molecule has 0 aliphatic carbocycles. The van der Waals surface area contributed by atoms with Gasteiger partial charge in [0.25, 0.3) is 0 Å². The lowest BCUT2D eigenvalue weighted by Crippen LogP contribution is -2.36. The first-order chi connectivity index (χ1) is 9.72. The SMILES string of the molecule is COCCN[C@@H](C)c1ccc(N2CCOCC2)c(F)c1. The van der Waals surface area contributed by atoms with Gasteiger partial charge in [0.1, 0.15) is 5.82 Å². The van der Waals surface area contributed by atoms with Gasteiger partial charge in [-0.2, -0.15) is 0 Å². The fraction of sp³-hybridized carbons (Fsp3) is 0.600. The minimum absolute atomic E-state index is 0.110. The highest BCUT2D eigenvalue weighted by Gasteiger charge is 2.16. The highest BCUT2D eigenvalue weighted by molar-refractivity contribution is 5.49. The number of anilines is 1. The smallest absolute Gasteiger partial charge is 0.146 e. The van der Waals surface area contributed by atoms with Crippen LogP contribution < -0.4 is 10.2 Å². The van der Waals surface area contributed by atoms with Gasteiger partial charge in [-0.05, 0) is 24.6 Å². The molecule has 1 aromatic rings. The van der Waals surface area contributed by atoms with Crippen LogP contribution in [0.5, 0.6) is 0 Å². The van der Waals surface area contributed by atoms with Gasteiger partial charge in [-0.25, -0.2) is 4.39 Å². The van der Waals surface area contributed by atoms with Gasteiger partial charge in [0.2, 0.25) is 0 Å². The van der Waals surface area contributed by atoms with Gasteiger partial charge in [-0.3, -0.25) is 0 Å². The Labute approximate surface area is 119 Å². The van der Waals surface area contributed by atoms with Gasteiger partial charge in [0.15, 0.2) is 0 Å². The van der Waals surface area contributed by atoms with Crippen LogP contribution in [0.3, 0.4) is 0 Å². The van der Waals surface area contributed by atoms with E-state index in [2.05, 4.69) is 5.32 Å². The number of methoxy groups -OCH3 is 1. The Morgan fingerprint density at radius 3 is 2.80 bits per heavy atom. The number of halogens is 1. The zero-order valence-electron chi connectivity index (χ0n) is 12.2. The van der Waals surface area contributed by atoms with Crippen molar-refractivity contribution in [2.75, 3.05) is 51.5 Å². The number of hydrogen-bond donors (Lipinski definition) is 1. The van der Waals surface area contributed by atoms with Crippen LogP contribution in [0.1, 0.15) is 18.5 Å².